The fourth-order valence-electron chi connectivity index (χ4n) is 3.82. The number of allylic oxidation sites excluding steroid dienone is 4. The third-order valence-corrected chi connectivity index (χ3v) is 5.04. The summed E-state index contributed by atoms with van der Waals surface area (Å²) in [5, 5.41) is 0.0692. The average Bonchev–Trinajstić information content (AvgIpc) is 2.45. The average molecular weight is 371 g/mol. The highest BCUT2D eigenvalue weighted by molar-refractivity contribution is 6.22. The van der Waals surface area contributed by atoms with Gasteiger partial charge in [0, 0.05) is 0 Å². The van der Waals surface area contributed by atoms with Gasteiger partial charge in [-0.05, 0) is 53.4 Å². The summed E-state index contributed by atoms with van der Waals surface area (Å²) in [6.45, 7) is 8.77. The zero-order chi connectivity index (χ0) is 18.9. The Morgan fingerprint density at radius 2 is 1.64 bits per heavy atom. The molecule has 1 atom stereocenters. The van der Waals surface area contributed by atoms with E-state index in [0.29, 0.717) is 0 Å². The van der Waals surface area contributed by atoms with Crippen LogP contribution in [0.4, 0.5) is 13.2 Å². The van der Waals surface area contributed by atoms with Gasteiger partial charge in [0.25, 0.3) is 0 Å². The first-order valence-electron chi connectivity index (χ1n) is 8.58. The second kappa shape index (κ2) is 7.19. The maximum atomic E-state index is 12.7. The minimum absolute atomic E-state index is 0.0110. The van der Waals surface area contributed by atoms with Crippen LogP contribution in [0.3, 0.4) is 0 Å². The van der Waals surface area contributed by atoms with Crippen LogP contribution >= 0.6 is 11.6 Å². The van der Waals surface area contributed by atoms with Gasteiger partial charge in [-0.2, -0.15) is 13.2 Å². The molecule has 0 bridgehead atoms. The summed E-state index contributed by atoms with van der Waals surface area (Å²) in [7, 11) is 0. The fraction of sp³-hybridized carbons (Fsp3) is 0.524. The van der Waals surface area contributed by atoms with E-state index in [4.69, 9.17) is 11.6 Å². The summed E-state index contributed by atoms with van der Waals surface area (Å²) in [4.78, 5) is 0. The number of benzene rings is 1. The van der Waals surface area contributed by atoms with Crippen LogP contribution in [0.1, 0.15) is 51.7 Å². The van der Waals surface area contributed by atoms with Crippen LogP contribution in [0, 0.1) is 10.8 Å². The molecule has 0 saturated heterocycles. The van der Waals surface area contributed by atoms with E-state index in [-0.39, 0.29) is 16.2 Å². The summed E-state index contributed by atoms with van der Waals surface area (Å²) >= 11 is 6.11. The largest absolute Gasteiger partial charge is 0.416 e. The van der Waals surface area contributed by atoms with Gasteiger partial charge in [0.2, 0.25) is 0 Å². The molecule has 0 spiro atoms. The summed E-state index contributed by atoms with van der Waals surface area (Å²) in [6.07, 6.45) is 4.57. The molecule has 0 saturated carbocycles. The van der Waals surface area contributed by atoms with Crippen LogP contribution in [-0.4, -0.2) is 5.38 Å². The lowest BCUT2D eigenvalue weighted by molar-refractivity contribution is -0.137. The molecule has 138 valence electrons. The monoisotopic (exact) mass is 370 g/mol. The van der Waals surface area contributed by atoms with E-state index in [1.807, 2.05) is 6.08 Å². The van der Waals surface area contributed by atoms with Crippen molar-refractivity contribution in [1.29, 1.82) is 0 Å². The second-order valence-electron chi connectivity index (χ2n) is 8.37. The molecule has 1 aliphatic rings. The van der Waals surface area contributed by atoms with E-state index in [0.717, 1.165) is 24.8 Å². The van der Waals surface area contributed by atoms with E-state index in [1.165, 1.54) is 17.7 Å². The Balaban J connectivity index is 2.07. The van der Waals surface area contributed by atoms with Crippen LogP contribution in [0.5, 0.6) is 0 Å². The summed E-state index contributed by atoms with van der Waals surface area (Å²) in [5.74, 6) is 0. The maximum absolute atomic E-state index is 12.7. The molecular weight excluding hydrogens is 345 g/mol. The predicted octanol–water partition coefficient (Wildman–Crippen LogP) is 7.18. The van der Waals surface area contributed by atoms with E-state index in [9.17, 15) is 13.2 Å². The van der Waals surface area contributed by atoms with Crippen molar-refractivity contribution in [2.75, 3.05) is 0 Å². The van der Waals surface area contributed by atoms with Crippen molar-refractivity contribution in [2.45, 2.75) is 58.5 Å². The number of hydrogen-bond acceptors (Lipinski definition) is 0. The number of halogens is 4. The topological polar surface area (TPSA) is 0 Å². The first-order chi connectivity index (χ1) is 11.4. The van der Waals surface area contributed by atoms with Crippen LogP contribution in [0.15, 0.2) is 48.1 Å². The highest BCUT2D eigenvalue weighted by atomic mass is 35.5. The minimum Gasteiger partial charge on any atom is -0.166 e. The van der Waals surface area contributed by atoms with Crippen molar-refractivity contribution in [1.82, 2.24) is 0 Å². The Hall–Kier alpha value is -1.22. The fourth-order valence-corrected chi connectivity index (χ4v) is 3.98. The molecule has 0 heterocycles. The Kier molecular flexibility index (Phi) is 5.78. The molecule has 1 unspecified atom stereocenters. The molecule has 4 heteroatoms. The van der Waals surface area contributed by atoms with Crippen molar-refractivity contribution in [3.8, 4) is 0 Å². The Labute approximate surface area is 153 Å². The van der Waals surface area contributed by atoms with Crippen LogP contribution in [0.2, 0.25) is 0 Å². The van der Waals surface area contributed by atoms with Gasteiger partial charge < -0.3 is 0 Å². The van der Waals surface area contributed by atoms with E-state index < -0.39 is 11.7 Å². The molecule has 0 fully saturated rings. The lowest BCUT2D eigenvalue weighted by Crippen LogP contribution is -2.27. The summed E-state index contributed by atoms with van der Waals surface area (Å²) in [6, 6.07) is 5.53. The Morgan fingerprint density at radius 3 is 2.12 bits per heavy atom. The molecule has 0 N–H and O–H groups in total. The number of rotatable bonds is 5. The van der Waals surface area contributed by atoms with Gasteiger partial charge >= 0.3 is 6.18 Å². The molecule has 0 nitrogen and oxygen atoms in total. The molecule has 2 rings (SSSR count). The Bertz CT molecular complexity index is 649. The summed E-state index contributed by atoms with van der Waals surface area (Å²) < 4.78 is 38.1. The molecule has 1 aliphatic carbocycles. The van der Waals surface area contributed by atoms with Crippen LogP contribution in [-0.2, 0) is 12.6 Å². The van der Waals surface area contributed by atoms with Crippen LogP contribution < -0.4 is 0 Å². The van der Waals surface area contributed by atoms with Crippen molar-refractivity contribution in [2.24, 2.45) is 10.8 Å². The predicted molar refractivity (Wildman–Crippen MR) is 98.8 cm³/mol. The maximum Gasteiger partial charge on any atom is 0.416 e. The highest BCUT2D eigenvalue weighted by Crippen LogP contribution is 2.42. The zero-order valence-electron chi connectivity index (χ0n) is 15.3. The van der Waals surface area contributed by atoms with Gasteiger partial charge in [-0.1, -0.05) is 58.1 Å². The van der Waals surface area contributed by atoms with Gasteiger partial charge in [0.1, 0.15) is 0 Å². The van der Waals surface area contributed by atoms with E-state index in [2.05, 4.69) is 39.8 Å². The molecule has 1 aromatic carbocycles. The summed E-state index contributed by atoms with van der Waals surface area (Å²) in [5.41, 5.74) is 1.58. The lowest BCUT2D eigenvalue weighted by atomic mass is 9.68. The molecular formula is C21H26ClF3. The molecule has 25 heavy (non-hydrogen) atoms. The first-order valence-corrected chi connectivity index (χ1v) is 9.02. The molecule has 1 aromatic rings. The van der Waals surface area contributed by atoms with Crippen molar-refractivity contribution < 1.29 is 13.2 Å². The highest BCUT2D eigenvalue weighted by Gasteiger charge is 2.33. The van der Waals surface area contributed by atoms with E-state index >= 15 is 0 Å². The SMILES string of the molecule is CC(C)(Cc1ccc(C(F)(F)F)cc1)CC(C)(C)C1=CCC(Cl)C=C1. The van der Waals surface area contributed by atoms with Crippen molar-refractivity contribution in [3.05, 3.63) is 59.2 Å². The standard InChI is InChI=1S/C21H26ClF3/c1-19(2,13-15-5-7-17(8-6-15)21(23,24)25)14-20(3,4)16-9-11-18(22)12-10-16/h5-11,18H,12-14H2,1-4H3. The molecule has 0 radical (unpaired) electrons. The van der Waals surface area contributed by atoms with Crippen molar-refractivity contribution in [3.63, 3.8) is 0 Å². The number of hydrogen-bond donors (Lipinski definition) is 0. The number of alkyl halides is 4. The van der Waals surface area contributed by atoms with Crippen molar-refractivity contribution >= 4 is 11.6 Å². The minimum atomic E-state index is -4.28. The van der Waals surface area contributed by atoms with Gasteiger partial charge in [-0.25, -0.2) is 0 Å². The van der Waals surface area contributed by atoms with Gasteiger partial charge in [0.15, 0.2) is 0 Å². The third-order valence-electron chi connectivity index (χ3n) is 4.71. The molecule has 0 amide bonds. The lowest BCUT2D eigenvalue weighted by Gasteiger charge is -2.37. The quantitative estimate of drug-likeness (QED) is 0.481. The normalized spacial score (nSPS) is 19.0. The Morgan fingerprint density at radius 1 is 1.04 bits per heavy atom. The zero-order valence-corrected chi connectivity index (χ0v) is 16.0. The molecule has 0 aliphatic heterocycles. The smallest absolute Gasteiger partial charge is 0.166 e. The second-order valence-corrected chi connectivity index (χ2v) is 8.93. The van der Waals surface area contributed by atoms with Gasteiger partial charge in [0.05, 0.1) is 10.9 Å². The van der Waals surface area contributed by atoms with Crippen LogP contribution in [0.25, 0.3) is 0 Å². The molecule has 0 aromatic heterocycles. The first kappa shape index (κ1) is 20.1. The third kappa shape index (κ3) is 5.64. The van der Waals surface area contributed by atoms with Gasteiger partial charge in [-0.15, -0.1) is 11.6 Å². The van der Waals surface area contributed by atoms with Gasteiger partial charge in [-0.3, -0.25) is 0 Å². The van der Waals surface area contributed by atoms with E-state index in [1.54, 1.807) is 12.1 Å².